The highest BCUT2D eigenvalue weighted by atomic mass is 16.6. The molecule has 4 nitrogen and oxygen atoms in total. The SMILES string of the molecule is OC[C@@]12CO[C@H](CO1)[C@@H]2O. The van der Waals surface area contributed by atoms with Gasteiger partial charge in [-0.15, -0.1) is 0 Å². The predicted molar refractivity (Wildman–Crippen MR) is 31.5 cm³/mol. The van der Waals surface area contributed by atoms with Crippen molar-refractivity contribution in [1.82, 2.24) is 0 Å². The minimum Gasteiger partial charge on any atom is -0.393 e. The van der Waals surface area contributed by atoms with Crippen molar-refractivity contribution in [3.05, 3.63) is 0 Å². The Kier molecular flexibility index (Phi) is 1.25. The normalized spacial score (nSPS) is 52.2. The number of fused-ring (bicyclic) bond motifs is 2. The molecule has 0 aromatic heterocycles. The summed E-state index contributed by atoms with van der Waals surface area (Å²) >= 11 is 0. The van der Waals surface area contributed by atoms with E-state index in [1.54, 1.807) is 0 Å². The minimum absolute atomic E-state index is 0.162. The number of ether oxygens (including phenoxy) is 2. The molecule has 3 atom stereocenters. The molecule has 0 aromatic carbocycles. The van der Waals surface area contributed by atoms with Gasteiger partial charge in [-0.05, 0) is 0 Å². The predicted octanol–water partition coefficient (Wildman–Crippen LogP) is -1.49. The van der Waals surface area contributed by atoms with E-state index in [1.165, 1.54) is 0 Å². The van der Waals surface area contributed by atoms with E-state index in [2.05, 4.69) is 0 Å². The third-order valence-electron chi connectivity index (χ3n) is 2.24. The first-order valence-electron chi connectivity index (χ1n) is 3.33. The van der Waals surface area contributed by atoms with E-state index in [0.29, 0.717) is 13.2 Å². The standard InChI is InChI=1S/C6H10O4/c7-2-6-3-9-4(1-10-6)5(6)8/h4-5,7-8H,1-3H2/t4-,5+,6+/m1/s1. The summed E-state index contributed by atoms with van der Waals surface area (Å²) in [6, 6.07) is 0. The molecule has 2 fully saturated rings. The summed E-state index contributed by atoms with van der Waals surface area (Å²) < 4.78 is 10.3. The highest BCUT2D eigenvalue weighted by molar-refractivity contribution is 5.03. The van der Waals surface area contributed by atoms with Crippen LogP contribution in [0.15, 0.2) is 0 Å². The van der Waals surface area contributed by atoms with Crippen LogP contribution in [-0.4, -0.2) is 47.8 Å². The topological polar surface area (TPSA) is 58.9 Å². The Bertz CT molecular complexity index is 139. The Morgan fingerprint density at radius 2 is 2.40 bits per heavy atom. The van der Waals surface area contributed by atoms with Gasteiger partial charge in [0.25, 0.3) is 0 Å². The lowest BCUT2D eigenvalue weighted by molar-refractivity contribution is -0.122. The summed E-state index contributed by atoms with van der Waals surface area (Å²) in [4.78, 5) is 0. The van der Waals surface area contributed by atoms with Gasteiger partial charge in [-0.2, -0.15) is 0 Å². The van der Waals surface area contributed by atoms with Crippen molar-refractivity contribution >= 4 is 0 Å². The van der Waals surface area contributed by atoms with Gasteiger partial charge in [0.2, 0.25) is 0 Å². The molecule has 58 valence electrons. The number of aliphatic hydroxyl groups is 2. The molecule has 0 unspecified atom stereocenters. The molecule has 4 heteroatoms. The van der Waals surface area contributed by atoms with Gasteiger partial charge < -0.3 is 19.7 Å². The van der Waals surface area contributed by atoms with Gasteiger partial charge in [-0.1, -0.05) is 0 Å². The quantitative estimate of drug-likeness (QED) is 0.473. The van der Waals surface area contributed by atoms with Crippen molar-refractivity contribution in [1.29, 1.82) is 0 Å². The van der Waals surface area contributed by atoms with Crippen LogP contribution >= 0.6 is 0 Å². The smallest absolute Gasteiger partial charge is 0.143 e. The fourth-order valence-electron chi connectivity index (χ4n) is 1.46. The molecule has 2 rings (SSSR count). The van der Waals surface area contributed by atoms with Crippen molar-refractivity contribution in [3.63, 3.8) is 0 Å². The molecule has 0 amide bonds. The second kappa shape index (κ2) is 1.92. The van der Waals surface area contributed by atoms with E-state index in [0.717, 1.165) is 0 Å². The molecule has 2 heterocycles. The monoisotopic (exact) mass is 146 g/mol. The summed E-state index contributed by atoms with van der Waals surface area (Å²) in [5.41, 5.74) is -0.801. The van der Waals surface area contributed by atoms with Crippen LogP contribution < -0.4 is 0 Å². The van der Waals surface area contributed by atoms with Crippen LogP contribution in [0.3, 0.4) is 0 Å². The van der Waals surface area contributed by atoms with Gasteiger partial charge in [0.1, 0.15) is 17.8 Å². The highest BCUT2D eigenvalue weighted by Gasteiger charge is 2.55. The third kappa shape index (κ3) is 0.594. The van der Waals surface area contributed by atoms with Crippen LogP contribution in [-0.2, 0) is 9.47 Å². The molecule has 10 heavy (non-hydrogen) atoms. The van der Waals surface area contributed by atoms with Crippen LogP contribution in [0, 0.1) is 0 Å². The molecular formula is C6H10O4. The second-order valence-corrected chi connectivity index (χ2v) is 2.83. The largest absolute Gasteiger partial charge is 0.393 e. The van der Waals surface area contributed by atoms with Gasteiger partial charge in [0.15, 0.2) is 0 Å². The van der Waals surface area contributed by atoms with E-state index in [-0.39, 0.29) is 12.7 Å². The fourth-order valence-corrected chi connectivity index (χ4v) is 1.46. The molecular weight excluding hydrogens is 136 g/mol. The van der Waals surface area contributed by atoms with Crippen LogP contribution in [0.4, 0.5) is 0 Å². The van der Waals surface area contributed by atoms with Gasteiger partial charge in [0, 0.05) is 0 Å². The zero-order chi connectivity index (χ0) is 7.19. The Hall–Kier alpha value is -0.160. The maximum atomic E-state index is 9.37. The Balaban J connectivity index is 2.22. The Morgan fingerprint density at radius 1 is 1.60 bits per heavy atom. The van der Waals surface area contributed by atoms with Crippen molar-refractivity contribution in [2.75, 3.05) is 19.8 Å². The van der Waals surface area contributed by atoms with E-state index in [1.807, 2.05) is 0 Å². The Morgan fingerprint density at radius 3 is 2.60 bits per heavy atom. The van der Waals surface area contributed by atoms with Crippen LogP contribution in [0.2, 0.25) is 0 Å². The summed E-state index contributed by atoms with van der Waals surface area (Å²) in [7, 11) is 0. The van der Waals surface area contributed by atoms with Crippen molar-refractivity contribution in [2.24, 2.45) is 0 Å². The van der Waals surface area contributed by atoms with E-state index in [9.17, 15) is 5.11 Å². The van der Waals surface area contributed by atoms with Crippen LogP contribution in [0.5, 0.6) is 0 Å². The van der Waals surface area contributed by atoms with Crippen LogP contribution in [0.1, 0.15) is 0 Å². The van der Waals surface area contributed by atoms with Crippen molar-refractivity contribution in [2.45, 2.75) is 17.8 Å². The lowest BCUT2D eigenvalue weighted by Crippen LogP contribution is -2.43. The van der Waals surface area contributed by atoms with Crippen molar-refractivity contribution in [3.8, 4) is 0 Å². The molecule has 0 aromatic rings. The fraction of sp³-hybridized carbons (Fsp3) is 1.00. The van der Waals surface area contributed by atoms with Gasteiger partial charge in [-0.25, -0.2) is 0 Å². The molecule has 2 aliphatic heterocycles. The highest BCUT2D eigenvalue weighted by Crippen LogP contribution is 2.34. The lowest BCUT2D eigenvalue weighted by atomic mass is 10.0. The first kappa shape index (κ1) is 6.54. The summed E-state index contributed by atoms with van der Waals surface area (Å²) in [5.74, 6) is 0. The van der Waals surface area contributed by atoms with Gasteiger partial charge in [0.05, 0.1) is 19.8 Å². The Labute approximate surface area is 58.4 Å². The van der Waals surface area contributed by atoms with E-state index in [4.69, 9.17) is 14.6 Å². The number of hydrogen-bond acceptors (Lipinski definition) is 4. The van der Waals surface area contributed by atoms with E-state index < -0.39 is 11.7 Å². The molecule has 0 spiro atoms. The molecule has 2 saturated heterocycles. The second-order valence-electron chi connectivity index (χ2n) is 2.83. The number of rotatable bonds is 1. The molecule has 2 bridgehead atoms. The minimum atomic E-state index is -0.801. The maximum absolute atomic E-state index is 9.37. The number of hydrogen-bond donors (Lipinski definition) is 2. The first-order valence-corrected chi connectivity index (χ1v) is 3.33. The third-order valence-corrected chi connectivity index (χ3v) is 2.24. The average molecular weight is 146 g/mol. The molecule has 0 radical (unpaired) electrons. The van der Waals surface area contributed by atoms with Gasteiger partial charge in [-0.3, -0.25) is 0 Å². The lowest BCUT2D eigenvalue weighted by Gasteiger charge is -2.23. The van der Waals surface area contributed by atoms with Crippen LogP contribution in [0.25, 0.3) is 0 Å². The van der Waals surface area contributed by atoms with E-state index >= 15 is 0 Å². The molecule has 0 saturated carbocycles. The molecule has 2 aliphatic rings. The molecule has 2 N–H and O–H groups in total. The average Bonchev–Trinajstić information content (AvgIpc) is 2.46. The maximum Gasteiger partial charge on any atom is 0.143 e. The van der Waals surface area contributed by atoms with Crippen molar-refractivity contribution < 1.29 is 19.7 Å². The zero-order valence-corrected chi connectivity index (χ0v) is 5.49. The summed E-state index contributed by atoms with van der Waals surface area (Å²) in [6.07, 6.45) is -0.857. The number of aliphatic hydroxyl groups excluding tert-OH is 2. The molecule has 0 aliphatic carbocycles. The summed E-state index contributed by atoms with van der Waals surface area (Å²) in [5, 5.41) is 18.2. The summed E-state index contributed by atoms with van der Waals surface area (Å²) in [6.45, 7) is 0.557. The zero-order valence-electron chi connectivity index (χ0n) is 5.49. The first-order chi connectivity index (χ1) is 4.78. The van der Waals surface area contributed by atoms with Gasteiger partial charge >= 0.3 is 0 Å².